The third-order valence-corrected chi connectivity index (χ3v) is 4.16. The van der Waals surface area contributed by atoms with Gasteiger partial charge in [-0.1, -0.05) is 28.1 Å². The van der Waals surface area contributed by atoms with Crippen LogP contribution < -0.4 is 14.8 Å². The maximum atomic E-state index is 12.2. The summed E-state index contributed by atoms with van der Waals surface area (Å²) in [6.45, 7) is -0.166. The normalized spacial score (nSPS) is 11.3. The molecular formula is C19H20BrNO5. The van der Waals surface area contributed by atoms with Gasteiger partial charge in [0.05, 0.1) is 26.7 Å². The zero-order valence-corrected chi connectivity index (χ0v) is 16.1. The van der Waals surface area contributed by atoms with Crippen molar-refractivity contribution in [2.45, 2.75) is 12.5 Å². The van der Waals surface area contributed by atoms with E-state index in [1.807, 2.05) is 24.3 Å². The first-order chi connectivity index (χ1) is 12.5. The Labute approximate surface area is 160 Å². The number of carbonyl (C=O) groups excluding carboxylic acids is 2. The van der Waals surface area contributed by atoms with E-state index >= 15 is 0 Å². The predicted molar refractivity (Wildman–Crippen MR) is 100 cm³/mol. The van der Waals surface area contributed by atoms with Crippen LogP contribution >= 0.6 is 15.9 Å². The molecule has 26 heavy (non-hydrogen) atoms. The topological polar surface area (TPSA) is 73.9 Å². The highest BCUT2D eigenvalue weighted by atomic mass is 79.9. The smallest absolute Gasteiger partial charge is 0.307 e. The van der Waals surface area contributed by atoms with Gasteiger partial charge < -0.3 is 19.5 Å². The Morgan fingerprint density at radius 2 is 1.62 bits per heavy atom. The number of hydrogen-bond acceptors (Lipinski definition) is 5. The fourth-order valence-corrected chi connectivity index (χ4v) is 2.52. The summed E-state index contributed by atoms with van der Waals surface area (Å²) < 4.78 is 16.2. The van der Waals surface area contributed by atoms with Gasteiger partial charge in [-0.3, -0.25) is 9.59 Å². The van der Waals surface area contributed by atoms with Crippen LogP contribution in [-0.2, 0) is 14.3 Å². The van der Waals surface area contributed by atoms with Crippen molar-refractivity contribution in [1.82, 2.24) is 5.32 Å². The maximum Gasteiger partial charge on any atom is 0.307 e. The zero-order chi connectivity index (χ0) is 18.9. The second-order valence-electron chi connectivity index (χ2n) is 5.42. The van der Waals surface area contributed by atoms with Crippen molar-refractivity contribution in [3.8, 4) is 11.5 Å². The molecule has 2 aromatic carbocycles. The number of ether oxygens (including phenoxy) is 3. The second kappa shape index (κ2) is 9.82. The van der Waals surface area contributed by atoms with Crippen LogP contribution in [-0.4, -0.2) is 32.7 Å². The number of nitrogens with one attached hydrogen (secondary N) is 1. The number of halogens is 1. The molecule has 0 spiro atoms. The van der Waals surface area contributed by atoms with Crippen LogP contribution in [0.15, 0.2) is 53.0 Å². The van der Waals surface area contributed by atoms with E-state index in [0.717, 1.165) is 10.0 Å². The Morgan fingerprint density at radius 1 is 1.00 bits per heavy atom. The number of esters is 1. The van der Waals surface area contributed by atoms with Crippen molar-refractivity contribution in [2.24, 2.45) is 0 Å². The van der Waals surface area contributed by atoms with E-state index in [0.29, 0.717) is 11.5 Å². The zero-order valence-electron chi connectivity index (χ0n) is 14.5. The average molecular weight is 422 g/mol. The van der Waals surface area contributed by atoms with Crippen molar-refractivity contribution in [1.29, 1.82) is 0 Å². The lowest BCUT2D eigenvalue weighted by Crippen LogP contribution is -2.34. The highest BCUT2D eigenvalue weighted by Crippen LogP contribution is 2.21. The SMILES string of the molecule is COC(=O)CC(NC(=O)COc1ccc(OC)cc1)c1ccc(Br)cc1. The van der Waals surface area contributed by atoms with Gasteiger partial charge in [0.1, 0.15) is 11.5 Å². The van der Waals surface area contributed by atoms with E-state index in [1.54, 1.807) is 31.4 Å². The van der Waals surface area contributed by atoms with Gasteiger partial charge in [-0.25, -0.2) is 0 Å². The Morgan fingerprint density at radius 3 is 2.19 bits per heavy atom. The Balaban J connectivity index is 1.98. The van der Waals surface area contributed by atoms with Gasteiger partial charge in [-0.2, -0.15) is 0 Å². The molecule has 2 aromatic rings. The van der Waals surface area contributed by atoms with Gasteiger partial charge in [-0.15, -0.1) is 0 Å². The van der Waals surface area contributed by atoms with Gasteiger partial charge in [0.25, 0.3) is 5.91 Å². The average Bonchev–Trinajstić information content (AvgIpc) is 2.66. The molecule has 0 saturated carbocycles. The second-order valence-corrected chi connectivity index (χ2v) is 6.33. The Hall–Kier alpha value is -2.54. The van der Waals surface area contributed by atoms with Crippen LogP contribution in [0.25, 0.3) is 0 Å². The molecule has 0 aliphatic heterocycles. The quantitative estimate of drug-likeness (QED) is 0.662. The van der Waals surface area contributed by atoms with E-state index in [1.165, 1.54) is 7.11 Å². The Kier molecular flexibility index (Phi) is 7.47. The molecule has 0 saturated heterocycles. The van der Waals surface area contributed by atoms with Crippen LogP contribution in [0.2, 0.25) is 0 Å². The molecule has 138 valence electrons. The van der Waals surface area contributed by atoms with Crippen molar-refractivity contribution in [3.63, 3.8) is 0 Å². The number of amides is 1. The first-order valence-corrected chi connectivity index (χ1v) is 8.69. The third kappa shape index (κ3) is 6.07. The summed E-state index contributed by atoms with van der Waals surface area (Å²) >= 11 is 3.36. The summed E-state index contributed by atoms with van der Waals surface area (Å²) in [7, 11) is 2.89. The monoisotopic (exact) mass is 421 g/mol. The van der Waals surface area contributed by atoms with Crippen LogP contribution in [0.5, 0.6) is 11.5 Å². The van der Waals surface area contributed by atoms with Crippen LogP contribution in [0.3, 0.4) is 0 Å². The standard InChI is InChI=1S/C19H20BrNO5/c1-24-15-7-9-16(10-8-15)26-12-18(22)21-17(11-19(23)25-2)13-3-5-14(20)6-4-13/h3-10,17H,11-12H2,1-2H3,(H,21,22). The summed E-state index contributed by atoms with van der Waals surface area (Å²) in [6, 6.07) is 13.8. The molecule has 0 aromatic heterocycles. The molecule has 0 heterocycles. The van der Waals surface area contributed by atoms with Crippen molar-refractivity contribution in [2.75, 3.05) is 20.8 Å². The van der Waals surface area contributed by atoms with E-state index in [4.69, 9.17) is 14.2 Å². The summed E-state index contributed by atoms with van der Waals surface area (Å²) in [5.74, 6) is 0.510. The van der Waals surface area contributed by atoms with Gasteiger partial charge in [-0.05, 0) is 42.0 Å². The van der Waals surface area contributed by atoms with Crippen molar-refractivity contribution >= 4 is 27.8 Å². The fraction of sp³-hybridized carbons (Fsp3) is 0.263. The number of hydrogen-bond donors (Lipinski definition) is 1. The number of rotatable bonds is 8. The molecule has 7 heteroatoms. The molecule has 0 radical (unpaired) electrons. The van der Waals surface area contributed by atoms with E-state index in [-0.39, 0.29) is 18.9 Å². The van der Waals surface area contributed by atoms with Crippen molar-refractivity contribution in [3.05, 3.63) is 58.6 Å². The van der Waals surface area contributed by atoms with Crippen LogP contribution in [0, 0.1) is 0 Å². The summed E-state index contributed by atoms with van der Waals surface area (Å²) in [5.41, 5.74) is 0.802. The fourth-order valence-electron chi connectivity index (χ4n) is 2.25. The highest BCUT2D eigenvalue weighted by molar-refractivity contribution is 9.10. The molecule has 1 amide bonds. The molecule has 6 nitrogen and oxygen atoms in total. The number of carbonyl (C=O) groups is 2. The molecular weight excluding hydrogens is 402 g/mol. The van der Waals surface area contributed by atoms with E-state index in [2.05, 4.69) is 21.2 Å². The number of benzene rings is 2. The summed E-state index contributed by atoms with van der Waals surface area (Å²) in [4.78, 5) is 23.9. The first kappa shape index (κ1) is 19.8. The Bertz CT molecular complexity index is 731. The molecule has 1 N–H and O–H groups in total. The van der Waals surface area contributed by atoms with Gasteiger partial charge in [0.15, 0.2) is 6.61 Å². The number of methoxy groups -OCH3 is 2. The lowest BCUT2D eigenvalue weighted by molar-refractivity contribution is -0.141. The van der Waals surface area contributed by atoms with Crippen LogP contribution in [0.1, 0.15) is 18.0 Å². The van der Waals surface area contributed by atoms with Gasteiger partial charge >= 0.3 is 5.97 Å². The molecule has 0 aliphatic carbocycles. The minimum absolute atomic E-state index is 0.0341. The minimum atomic E-state index is -0.498. The van der Waals surface area contributed by atoms with Crippen LogP contribution in [0.4, 0.5) is 0 Å². The molecule has 1 unspecified atom stereocenters. The lowest BCUT2D eigenvalue weighted by atomic mass is 10.0. The molecule has 0 fully saturated rings. The third-order valence-electron chi connectivity index (χ3n) is 3.64. The maximum absolute atomic E-state index is 12.2. The molecule has 2 rings (SSSR count). The first-order valence-electron chi connectivity index (χ1n) is 7.90. The molecule has 0 bridgehead atoms. The minimum Gasteiger partial charge on any atom is -0.497 e. The summed E-state index contributed by atoms with van der Waals surface area (Å²) in [5, 5.41) is 2.81. The lowest BCUT2D eigenvalue weighted by Gasteiger charge is -2.18. The highest BCUT2D eigenvalue weighted by Gasteiger charge is 2.19. The molecule has 0 aliphatic rings. The van der Waals surface area contributed by atoms with E-state index in [9.17, 15) is 9.59 Å². The predicted octanol–water partition coefficient (Wildman–Crippen LogP) is 3.26. The van der Waals surface area contributed by atoms with Gasteiger partial charge in [0, 0.05) is 4.47 Å². The van der Waals surface area contributed by atoms with Crippen molar-refractivity contribution < 1.29 is 23.8 Å². The largest absolute Gasteiger partial charge is 0.497 e. The molecule has 1 atom stereocenters. The van der Waals surface area contributed by atoms with E-state index < -0.39 is 12.0 Å². The summed E-state index contributed by atoms with van der Waals surface area (Å²) in [6.07, 6.45) is 0.0341. The van der Waals surface area contributed by atoms with Gasteiger partial charge in [0.2, 0.25) is 0 Å².